The smallest absolute Gasteiger partial charge is 0.274 e. The third-order valence-electron chi connectivity index (χ3n) is 4.68. The highest BCUT2D eigenvalue weighted by Crippen LogP contribution is 2.17. The van der Waals surface area contributed by atoms with Crippen molar-refractivity contribution in [3.05, 3.63) is 71.9 Å². The van der Waals surface area contributed by atoms with Gasteiger partial charge in [-0.05, 0) is 50.1 Å². The van der Waals surface area contributed by atoms with Crippen molar-refractivity contribution in [2.45, 2.75) is 39.5 Å². The summed E-state index contributed by atoms with van der Waals surface area (Å²) in [5, 5.41) is 4.35. The summed E-state index contributed by atoms with van der Waals surface area (Å²) >= 11 is 0. The molecule has 1 aromatic carbocycles. The van der Waals surface area contributed by atoms with Gasteiger partial charge in [-0.15, -0.1) is 0 Å². The Labute approximate surface area is 159 Å². The minimum atomic E-state index is -0.100. The number of benzene rings is 1. The molecule has 3 rings (SSSR count). The van der Waals surface area contributed by atoms with Crippen molar-refractivity contribution in [1.82, 2.24) is 14.7 Å². The first-order chi connectivity index (χ1) is 13.0. The first-order valence-electron chi connectivity index (χ1n) is 9.06. The molecule has 0 aliphatic rings. The van der Waals surface area contributed by atoms with Gasteiger partial charge in [-0.2, -0.15) is 5.10 Å². The van der Waals surface area contributed by atoms with E-state index in [0.29, 0.717) is 5.69 Å². The normalized spacial score (nSPS) is 12.0. The Morgan fingerprint density at radius 3 is 2.81 bits per heavy atom. The lowest BCUT2D eigenvalue weighted by Crippen LogP contribution is -2.35. The van der Waals surface area contributed by atoms with Gasteiger partial charge in [0.15, 0.2) is 12.4 Å². The number of aryl methyl sites for hydroxylation is 2. The van der Waals surface area contributed by atoms with Crippen LogP contribution >= 0.6 is 0 Å². The molecule has 0 aliphatic heterocycles. The zero-order valence-corrected chi connectivity index (χ0v) is 16.0. The van der Waals surface area contributed by atoms with E-state index in [9.17, 15) is 4.79 Å². The van der Waals surface area contributed by atoms with Crippen LogP contribution in [0.3, 0.4) is 0 Å². The van der Waals surface area contributed by atoms with Crippen LogP contribution < -0.4 is 4.74 Å². The SMILES string of the molecule is Cc1ccccc1OCn1ccc(C(=O)N(C)C(C)CCc2ccco2)n1. The second-order valence-electron chi connectivity index (χ2n) is 6.66. The molecule has 0 bridgehead atoms. The number of carbonyl (C=O) groups is 1. The van der Waals surface area contributed by atoms with Crippen LogP contribution in [0, 0.1) is 6.92 Å². The zero-order valence-electron chi connectivity index (χ0n) is 16.0. The van der Waals surface area contributed by atoms with Crippen LogP contribution in [0.25, 0.3) is 0 Å². The largest absolute Gasteiger partial charge is 0.471 e. The van der Waals surface area contributed by atoms with Gasteiger partial charge in [0.2, 0.25) is 0 Å². The van der Waals surface area contributed by atoms with E-state index in [1.54, 1.807) is 35.2 Å². The molecule has 6 heteroatoms. The molecule has 0 spiro atoms. The number of aromatic nitrogens is 2. The average molecular weight is 367 g/mol. The van der Waals surface area contributed by atoms with Crippen molar-refractivity contribution in [2.24, 2.45) is 0 Å². The molecule has 0 saturated carbocycles. The summed E-state index contributed by atoms with van der Waals surface area (Å²) in [6.07, 6.45) is 5.05. The minimum absolute atomic E-state index is 0.0796. The highest BCUT2D eigenvalue weighted by molar-refractivity contribution is 5.92. The number of para-hydroxylation sites is 1. The van der Waals surface area contributed by atoms with Gasteiger partial charge in [0.1, 0.15) is 11.5 Å². The summed E-state index contributed by atoms with van der Waals surface area (Å²) in [6.45, 7) is 4.28. The fourth-order valence-electron chi connectivity index (χ4n) is 2.78. The molecular weight excluding hydrogens is 342 g/mol. The van der Waals surface area contributed by atoms with Crippen LogP contribution in [0.15, 0.2) is 59.3 Å². The minimum Gasteiger partial charge on any atom is -0.471 e. The van der Waals surface area contributed by atoms with E-state index >= 15 is 0 Å². The van der Waals surface area contributed by atoms with Crippen molar-refractivity contribution in [3.63, 3.8) is 0 Å². The topological polar surface area (TPSA) is 60.5 Å². The van der Waals surface area contributed by atoms with Gasteiger partial charge in [-0.3, -0.25) is 4.79 Å². The lowest BCUT2D eigenvalue weighted by molar-refractivity contribution is 0.0728. The maximum Gasteiger partial charge on any atom is 0.274 e. The predicted octanol–water partition coefficient (Wildman–Crippen LogP) is 3.91. The van der Waals surface area contributed by atoms with E-state index in [1.807, 2.05) is 50.2 Å². The van der Waals surface area contributed by atoms with Gasteiger partial charge in [0, 0.05) is 25.7 Å². The lowest BCUT2D eigenvalue weighted by atomic mass is 10.1. The van der Waals surface area contributed by atoms with Crippen molar-refractivity contribution in [3.8, 4) is 5.75 Å². The third-order valence-corrected chi connectivity index (χ3v) is 4.68. The number of amides is 1. The second-order valence-corrected chi connectivity index (χ2v) is 6.66. The molecule has 1 amide bonds. The fraction of sp³-hybridized carbons (Fsp3) is 0.333. The number of carbonyl (C=O) groups excluding carboxylic acids is 1. The Hall–Kier alpha value is -3.02. The summed E-state index contributed by atoms with van der Waals surface area (Å²) in [6, 6.07) is 13.4. The summed E-state index contributed by atoms with van der Waals surface area (Å²) < 4.78 is 12.7. The molecule has 1 atom stereocenters. The molecule has 2 heterocycles. The maximum atomic E-state index is 12.7. The van der Waals surface area contributed by atoms with E-state index in [4.69, 9.17) is 9.15 Å². The fourth-order valence-corrected chi connectivity index (χ4v) is 2.78. The summed E-state index contributed by atoms with van der Waals surface area (Å²) in [5.74, 6) is 1.64. The molecular formula is C21H25N3O3. The first kappa shape index (κ1) is 18.8. The zero-order chi connectivity index (χ0) is 19.2. The quantitative estimate of drug-likeness (QED) is 0.605. The molecule has 6 nitrogen and oxygen atoms in total. The molecule has 27 heavy (non-hydrogen) atoms. The Morgan fingerprint density at radius 2 is 2.07 bits per heavy atom. The van der Waals surface area contributed by atoms with Crippen LogP contribution in [0.4, 0.5) is 0 Å². The third kappa shape index (κ3) is 4.78. The molecule has 0 N–H and O–H groups in total. The predicted molar refractivity (Wildman–Crippen MR) is 103 cm³/mol. The van der Waals surface area contributed by atoms with E-state index < -0.39 is 0 Å². The van der Waals surface area contributed by atoms with Crippen LogP contribution in [0.2, 0.25) is 0 Å². The second kappa shape index (κ2) is 8.58. The van der Waals surface area contributed by atoms with E-state index in [2.05, 4.69) is 5.10 Å². The van der Waals surface area contributed by atoms with Gasteiger partial charge in [0.25, 0.3) is 5.91 Å². The van der Waals surface area contributed by atoms with Gasteiger partial charge in [0.05, 0.1) is 6.26 Å². The molecule has 2 aromatic heterocycles. The number of hydrogen-bond donors (Lipinski definition) is 0. The molecule has 3 aromatic rings. The Morgan fingerprint density at radius 1 is 1.26 bits per heavy atom. The van der Waals surface area contributed by atoms with Gasteiger partial charge >= 0.3 is 0 Å². The van der Waals surface area contributed by atoms with E-state index in [-0.39, 0.29) is 18.7 Å². The van der Waals surface area contributed by atoms with Crippen molar-refractivity contribution >= 4 is 5.91 Å². The molecule has 0 fully saturated rings. The average Bonchev–Trinajstić information content (AvgIpc) is 3.36. The van der Waals surface area contributed by atoms with Gasteiger partial charge in [-0.1, -0.05) is 18.2 Å². The molecule has 142 valence electrons. The van der Waals surface area contributed by atoms with Gasteiger partial charge in [-0.25, -0.2) is 4.68 Å². The van der Waals surface area contributed by atoms with Crippen LogP contribution in [0.5, 0.6) is 5.75 Å². The van der Waals surface area contributed by atoms with Crippen molar-refractivity contribution in [2.75, 3.05) is 7.05 Å². The summed E-state index contributed by atoms with van der Waals surface area (Å²) in [7, 11) is 1.80. The molecule has 0 radical (unpaired) electrons. The Kier molecular flexibility index (Phi) is 5.96. The molecule has 0 saturated heterocycles. The highest BCUT2D eigenvalue weighted by atomic mass is 16.5. The summed E-state index contributed by atoms with van der Waals surface area (Å²) in [5.41, 5.74) is 1.47. The van der Waals surface area contributed by atoms with E-state index in [1.165, 1.54) is 0 Å². The summed E-state index contributed by atoms with van der Waals surface area (Å²) in [4.78, 5) is 14.4. The maximum absolute atomic E-state index is 12.7. The lowest BCUT2D eigenvalue weighted by Gasteiger charge is -2.23. The molecule has 1 unspecified atom stereocenters. The Balaban J connectivity index is 1.54. The monoisotopic (exact) mass is 367 g/mol. The van der Waals surface area contributed by atoms with Crippen LogP contribution in [0.1, 0.15) is 35.2 Å². The number of hydrogen-bond acceptors (Lipinski definition) is 4. The van der Waals surface area contributed by atoms with Crippen molar-refractivity contribution < 1.29 is 13.9 Å². The number of nitrogens with zero attached hydrogens (tertiary/aromatic N) is 3. The van der Waals surface area contributed by atoms with E-state index in [0.717, 1.165) is 29.9 Å². The van der Waals surface area contributed by atoms with Crippen LogP contribution in [-0.2, 0) is 13.2 Å². The number of rotatable bonds is 8. The Bertz CT molecular complexity index is 870. The first-order valence-corrected chi connectivity index (χ1v) is 9.06. The van der Waals surface area contributed by atoms with Gasteiger partial charge < -0.3 is 14.1 Å². The highest BCUT2D eigenvalue weighted by Gasteiger charge is 2.20. The number of ether oxygens (including phenoxy) is 1. The standard InChI is InChI=1S/C21H25N3O3/c1-16-7-4-5-9-20(16)27-15-24-13-12-19(22-24)21(25)23(3)17(2)10-11-18-8-6-14-26-18/h4-9,12-14,17H,10-11,15H2,1-3H3. The van der Waals surface area contributed by atoms with Crippen LogP contribution in [-0.4, -0.2) is 33.7 Å². The van der Waals surface area contributed by atoms with Crippen molar-refractivity contribution in [1.29, 1.82) is 0 Å². The number of furan rings is 1. The molecule has 0 aliphatic carbocycles.